The molecule has 0 unspecified atom stereocenters. The van der Waals surface area contributed by atoms with E-state index < -0.39 is 21.7 Å². The predicted molar refractivity (Wildman–Crippen MR) is 92.0 cm³/mol. The summed E-state index contributed by atoms with van der Waals surface area (Å²) in [7, 11) is -3.75. The van der Waals surface area contributed by atoms with E-state index in [1.165, 1.54) is 16.2 Å². The zero-order chi connectivity index (χ0) is 17.7. The van der Waals surface area contributed by atoms with Crippen molar-refractivity contribution in [3.63, 3.8) is 0 Å². The van der Waals surface area contributed by atoms with Gasteiger partial charge in [0.1, 0.15) is 5.82 Å². The molecule has 0 fully saturated rings. The molecule has 1 aromatic heterocycles. The number of rotatable bonds is 7. The Hall–Kier alpha value is -1.77. The van der Waals surface area contributed by atoms with Crippen molar-refractivity contribution in [2.24, 2.45) is 0 Å². The fourth-order valence-electron chi connectivity index (χ4n) is 2.20. The van der Waals surface area contributed by atoms with Crippen LogP contribution in [-0.2, 0) is 16.6 Å². The molecule has 0 saturated carbocycles. The molecule has 1 amide bonds. The number of hydrogen-bond acceptors (Lipinski definition) is 4. The standard InChI is InChI=1S/C16H19FN2O3S2/c1-3-18-24(21,22)13-7-8-15(17)14(10-13)16(20)19(4-2)11-12-6-5-9-23-12/h5-10,18H,3-4,11H2,1-2H3. The molecule has 1 heterocycles. The van der Waals surface area contributed by atoms with Crippen molar-refractivity contribution in [3.05, 3.63) is 52.0 Å². The van der Waals surface area contributed by atoms with Crippen LogP contribution < -0.4 is 4.72 Å². The van der Waals surface area contributed by atoms with Gasteiger partial charge in [-0.3, -0.25) is 4.79 Å². The van der Waals surface area contributed by atoms with Gasteiger partial charge in [-0.1, -0.05) is 13.0 Å². The molecular formula is C16H19FN2O3S2. The predicted octanol–water partition coefficient (Wildman–Crippen LogP) is 2.85. The molecule has 24 heavy (non-hydrogen) atoms. The molecule has 0 aliphatic carbocycles. The van der Waals surface area contributed by atoms with Crippen LogP contribution in [0.2, 0.25) is 0 Å². The van der Waals surface area contributed by atoms with Crippen molar-refractivity contribution in [1.29, 1.82) is 0 Å². The Labute approximate surface area is 145 Å². The fourth-order valence-corrected chi connectivity index (χ4v) is 3.98. The second kappa shape index (κ2) is 7.87. The van der Waals surface area contributed by atoms with Crippen LogP contribution in [0.15, 0.2) is 40.6 Å². The number of thiophene rings is 1. The minimum atomic E-state index is -3.75. The Kier molecular flexibility index (Phi) is 6.09. The minimum Gasteiger partial charge on any atom is -0.334 e. The van der Waals surface area contributed by atoms with Crippen molar-refractivity contribution in [2.75, 3.05) is 13.1 Å². The highest BCUT2D eigenvalue weighted by Crippen LogP contribution is 2.19. The maximum absolute atomic E-state index is 14.1. The number of nitrogens with one attached hydrogen (secondary N) is 1. The summed E-state index contributed by atoms with van der Waals surface area (Å²) in [5, 5.41) is 1.90. The van der Waals surface area contributed by atoms with Crippen molar-refractivity contribution < 1.29 is 17.6 Å². The number of carbonyl (C=O) groups is 1. The molecule has 130 valence electrons. The van der Waals surface area contributed by atoms with Crippen molar-refractivity contribution >= 4 is 27.3 Å². The summed E-state index contributed by atoms with van der Waals surface area (Å²) in [5.74, 6) is -1.27. The summed E-state index contributed by atoms with van der Waals surface area (Å²) >= 11 is 1.50. The summed E-state index contributed by atoms with van der Waals surface area (Å²) < 4.78 is 40.6. The number of halogens is 1. The second-order valence-electron chi connectivity index (χ2n) is 5.04. The highest BCUT2D eigenvalue weighted by Gasteiger charge is 2.22. The molecule has 1 aromatic carbocycles. The smallest absolute Gasteiger partial charge is 0.257 e. The molecular weight excluding hydrogens is 351 g/mol. The summed E-state index contributed by atoms with van der Waals surface area (Å²) in [6.07, 6.45) is 0. The van der Waals surface area contributed by atoms with Crippen LogP contribution in [0.4, 0.5) is 4.39 Å². The van der Waals surface area contributed by atoms with Gasteiger partial charge < -0.3 is 4.90 Å². The molecule has 0 aliphatic rings. The van der Waals surface area contributed by atoms with Crippen LogP contribution in [0.5, 0.6) is 0 Å². The highest BCUT2D eigenvalue weighted by atomic mass is 32.2. The molecule has 0 spiro atoms. The number of carbonyl (C=O) groups excluding carboxylic acids is 1. The Morgan fingerprint density at radius 1 is 1.29 bits per heavy atom. The van der Waals surface area contributed by atoms with Gasteiger partial charge in [-0.2, -0.15) is 0 Å². The molecule has 0 radical (unpaired) electrons. The van der Waals surface area contributed by atoms with Gasteiger partial charge in [-0.15, -0.1) is 11.3 Å². The van der Waals surface area contributed by atoms with Gasteiger partial charge in [0, 0.05) is 18.0 Å². The van der Waals surface area contributed by atoms with Gasteiger partial charge in [0.15, 0.2) is 0 Å². The molecule has 0 atom stereocenters. The number of amides is 1. The van der Waals surface area contributed by atoms with E-state index in [-0.39, 0.29) is 17.0 Å². The van der Waals surface area contributed by atoms with Crippen molar-refractivity contribution in [3.8, 4) is 0 Å². The summed E-state index contributed by atoms with van der Waals surface area (Å²) in [6.45, 7) is 4.40. The lowest BCUT2D eigenvalue weighted by Crippen LogP contribution is -2.31. The number of benzene rings is 1. The van der Waals surface area contributed by atoms with E-state index >= 15 is 0 Å². The first-order valence-corrected chi connectivity index (χ1v) is 9.86. The van der Waals surface area contributed by atoms with E-state index in [0.717, 1.165) is 23.1 Å². The Balaban J connectivity index is 2.34. The third-order valence-electron chi connectivity index (χ3n) is 3.41. The quantitative estimate of drug-likeness (QED) is 0.815. The number of nitrogens with zero attached hydrogens (tertiary/aromatic N) is 1. The van der Waals surface area contributed by atoms with Crippen LogP contribution in [0.3, 0.4) is 0 Å². The van der Waals surface area contributed by atoms with Gasteiger partial charge in [0.25, 0.3) is 5.91 Å². The van der Waals surface area contributed by atoms with Gasteiger partial charge in [-0.25, -0.2) is 17.5 Å². The van der Waals surface area contributed by atoms with Crippen LogP contribution in [0, 0.1) is 5.82 Å². The molecule has 0 bridgehead atoms. The first-order chi connectivity index (χ1) is 11.4. The monoisotopic (exact) mass is 370 g/mol. The Morgan fingerprint density at radius 3 is 2.62 bits per heavy atom. The largest absolute Gasteiger partial charge is 0.334 e. The molecule has 2 aromatic rings. The third-order valence-corrected chi connectivity index (χ3v) is 5.81. The lowest BCUT2D eigenvalue weighted by molar-refractivity contribution is 0.0749. The van der Waals surface area contributed by atoms with Crippen LogP contribution in [-0.4, -0.2) is 32.3 Å². The first kappa shape index (κ1) is 18.6. The SMILES string of the molecule is CCNS(=O)(=O)c1ccc(F)c(C(=O)N(CC)Cc2cccs2)c1. The van der Waals surface area contributed by atoms with E-state index in [9.17, 15) is 17.6 Å². The highest BCUT2D eigenvalue weighted by molar-refractivity contribution is 7.89. The maximum atomic E-state index is 14.1. The van der Waals surface area contributed by atoms with E-state index in [1.807, 2.05) is 17.5 Å². The Bertz CT molecular complexity index is 805. The summed E-state index contributed by atoms with van der Waals surface area (Å²) in [5.41, 5.74) is -0.243. The molecule has 0 aliphatic heterocycles. The molecule has 2 rings (SSSR count). The summed E-state index contributed by atoms with van der Waals surface area (Å²) in [6, 6.07) is 7.02. The second-order valence-corrected chi connectivity index (χ2v) is 7.84. The third kappa shape index (κ3) is 4.19. The number of hydrogen-bond donors (Lipinski definition) is 1. The average Bonchev–Trinajstić information content (AvgIpc) is 3.05. The normalized spacial score (nSPS) is 11.5. The van der Waals surface area contributed by atoms with E-state index in [0.29, 0.717) is 13.1 Å². The van der Waals surface area contributed by atoms with E-state index in [4.69, 9.17) is 0 Å². The zero-order valence-electron chi connectivity index (χ0n) is 13.5. The van der Waals surface area contributed by atoms with E-state index in [2.05, 4.69) is 4.72 Å². The van der Waals surface area contributed by atoms with Crippen LogP contribution in [0.1, 0.15) is 29.1 Å². The molecule has 8 heteroatoms. The van der Waals surface area contributed by atoms with Crippen LogP contribution in [0.25, 0.3) is 0 Å². The van der Waals surface area contributed by atoms with Gasteiger partial charge >= 0.3 is 0 Å². The van der Waals surface area contributed by atoms with E-state index in [1.54, 1.807) is 13.8 Å². The number of sulfonamides is 1. The van der Waals surface area contributed by atoms with Gasteiger partial charge in [-0.05, 0) is 36.6 Å². The van der Waals surface area contributed by atoms with Crippen molar-refractivity contribution in [2.45, 2.75) is 25.3 Å². The zero-order valence-corrected chi connectivity index (χ0v) is 15.1. The maximum Gasteiger partial charge on any atom is 0.257 e. The lowest BCUT2D eigenvalue weighted by atomic mass is 10.2. The van der Waals surface area contributed by atoms with Gasteiger partial charge in [0.05, 0.1) is 17.0 Å². The molecule has 1 N–H and O–H groups in total. The molecule has 0 saturated heterocycles. The average molecular weight is 370 g/mol. The van der Waals surface area contributed by atoms with Crippen molar-refractivity contribution in [1.82, 2.24) is 9.62 Å². The Morgan fingerprint density at radius 2 is 2.04 bits per heavy atom. The van der Waals surface area contributed by atoms with Gasteiger partial charge in [0.2, 0.25) is 10.0 Å². The molecule has 5 nitrogen and oxygen atoms in total. The summed E-state index contributed by atoms with van der Waals surface area (Å²) in [4.78, 5) is 15.0. The fraction of sp³-hybridized carbons (Fsp3) is 0.312. The lowest BCUT2D eigenvalue weighted by Gasteiger charge is -2.21. The minimum absolute atomic E-state index is 0.124. The first-order valence-electron chi connectivity index (χ1n) is 7.50. The van der Waals surface area contributed by atoms with Crippen LogP contribution >= 0.6 is 11.3 Å². The topological polar surface area (TPSA) is 66.5 Å².